The van der Waals surface area contributed by atoms with Crippen LogP contribution in [0.2, 0.25) is 10.0 Å². The van der Waals surface area contributed by atoms with Crippen molar-refractivity contribution in [1.82, 2.24) is 4.90 Å². The first kappa shape index (κ1) is 20.6. The summed E-state index contributed by atoms with van der Waals surface area (Å²) in [7, 11) is 0. The molecule has 2 aromatic rings. The smallest absolute Gasteiger partial charge is 0.387 e. The summed E-state index contributed by atoms with van der Waals surface area (Å²) in [6.45, 7) is -1.60. The molecule has 150 valence electrons. The monoisotopic (exact) mass is 431 g/mol. The van der Waals surface area contributed by atoms with Gasteiger partial charge in [-0.25, -0.2) is 0 Å². The van der Waals surface area contributed by atoms with Gasteiger partial charge in [-0.05, 0) is 35.4 Å². The Kier molecular flexibility index (Phi) is 6.59. The number of benzene rings is 2. The fourth-order valence-corrected chi connectivity index (χ4v) is 3.18. The van der Waals surface area contributed by atoms with Crippen LogP contribution >= 0.6 is 23.2 Å². The number of aliphatic carboxylic acids is 1. The summed E-state index contributed by atoms with van der Waals surface area (Å²) in [5.74, 6) is -1.13. The second kappa shape index (κ2) is 8.94. The van der Waals surface area contributed by atoms with E-state index < -0.39 is 12.6 Å². The molecule has 1 aliphatic rings. The van der Waals surface area contributed by atoms with E-state index in [0.717, 1.165) is 11.1 Å². The third kappa shape index (κ3) is 5.25. The van der Waals surface area contributed by atoms with Crippen molar-refractivity contribution in [3.63, 3.8) is 0 Å². The summed E-state index contributed by atoms with van der Waals surface area (Å²) >= 11 is 11.8. The van der Waals surface area contributed by atoms with Gasteiger partial charge in [0, 0.05) is 19.6 Å². The Bertz CT molecular complexity index is 860. The summed E-state index contributed by atoms with van der Waals surface area (Å²) in [5.41, 5.74) is 1.45. The van der Waals surface area contributed by atoms with Crippen molar-refractivity contribution >= 4 is 29.2 Å². The fraction of sp³-hybridized carbons (Fsp3) is 0.316. The van der Waals surface area contributed by atoms with Crippen LogP contribution in [-0.4, -0.2) is 35.7 Å². The van der Waals surface area contributed by atoms with E-state index in [9.17, 15) is 13.6 Å². The molecule has 0 saturated carbocycles. The molecule has 1 N–H and O–H groups in total. The van der Waals surface area contributed by atoms with E-state index in [1.807, 2.05) is 4.90 Å². The summed E-state index contributed by atoms with van der Waals surface area (Å²) in [6, 6.07) is 9.74. The molecule has 0 radical (unpaired) electrons. The summed E-state index contributed by atoms with van der Waals surface area (Å²) in [6.07, 6.45) is 0. The van der Waals surface area contributed by atoms with Crippen molar-refractivity contribution in [2.75, 3.05) is 13.1 Å². The Morgan fingerprint density at radius 3 is 2.46 bits per heavy atom. The molecule has 1 heterocycles. The molecule has 3 rings (SSSR count). The SMILES string of the molecule is O=C(O)C1CN(Cc2ccc(OCc3ccc(Cl)c(Cl)c3)c(OC(F)F)c2)C1. The van der Waals surface area contributed by atoms with Crippen LogP contribution in [-0.2, 0) is 17.9 Å². The molecule has 0 amide bonds. The van der Waals surface area contributed by atoms with Gasteiger partial charge in [-0.3, -0.25) is 9.69 Å². The number of ether oxygens (including phenoxy) is 2. The Morgan fingerprint density at radius 2 is 1.82 bits per heavy atom. The molecule has 1 fully saturated rings. The first-order valence-electron chi connectivity index (χ1n) is 8.41. The van der Waals surface area contributed by atoms with Crippen molar-refractivity contribution < 1.29 is 28.2 Å². The number of hydrogen-bond donors (Lipinski definition) is 1. The van der Waals surface area contributed by atoms with E-state index in [4.69, 9.17) is 33.0 Å². The zero-order chi connectivity index (χ0) is 20.3. The molecule has 0 aromatic heterocycles. The third-order valence-electron chi connectivity index (χ3n) is 4.32. The minimum Gasteiger partial charge on any atom is -0.485 e. The lowest BCUT2D eigenvalue weighted by Gasteiger charge is -2.36. The molecule has 0 spiro atoms. The Hall–Kier alpha value is -2.09. The van der Waals surface area contributed by atoms with E-state index >= 15 is 0 Å². The van der Waals surface area contributed by atoms with Crippen LogP contribution < -0.4 is 9.47 Å². The number of alkyl halides is 2. The predicted molar refractivity (Wildman–Crippen MR) is 100 cm³/mol. The molecule has 0 aliphatic carbocycles. The van der Waals surface area contributed by atoms with Crippen molar-refractivity contribution in [3.05, 3.63) is 57.6 Å². The van der Waals surface area contributed by atoms with E-state index in [1.165, 1.54) is 6.07 Å². The minimum atomic E-state index is -3.00. The van der Waals surface area contributed by atoms with Crippen molar-refractivity contribution in [1.29, 1.82) is 0 Å². The van der Waals surface area contributed by atoms with Crippen LogP contribution in [0.15, 0.2) is 36.4 Å². The Balaban J connectivity index is 1.68. The zero-order valence-electron chi connectivity index (χ0n) is 14.6. The quantitative estimate of drug-likeness (QED) is 0.656. The van der Waals surface area contributed by atoms with Crippen LogP contribution in [0.4, 0.5) is 8.78 Å². The summed E-state index contributed by atoms with van der Waals surface area (Å²) < 4.78 is 35.8. The summed E-state index contributed by atoms with van der Waals surface area (Å²) in [4.78, 5) is 12.8. The van der Waals surface area contributed by atoms with Crippen molar-refractivity contribution in [2.45, 2.75) is 19.8 Å². The molecule has 0 atom stereocenters. The maximum Gasteiger partial charge on any atom is 0.387 e. The van der Waals surface area contributed by atoms with E-state index in [1.54, 1.807) is 30.3 Å². The minimum absolute atomic E-state index is 0.0807. The lowest BCUT2D eigenvalue weighted by Crippen LogP contribution is -2.49. The topological polar surface area (TPSA) is 59.0 Å². The number of rotatable bonds is 8. The van der Waals surface area contributed by atoms with Gasteiger partial charge in [0.15, 0.2) is 11.5 Å². The number of halogens is 4. The first-order valence-corrected chi connectivity index (χ1v) is 9.17. The number of nitrogens with zero attached hydrogens (tertiary/aromatic N) is 1. The van der Waals surface area contributed by atoms with Crippen LogP contribution in [0, 0.1) is 5.92 Å². The third-order valence-corrected chi connectivity index (χ3v) is 5.05. The molecule has 0 unspecified atom stereocenters. The number of carbonyl (C=O) groups is 1. The van der Waals surface area contributed by atoms with Crippen LogP contribution in [0.5, 0.6) is 11.5 Å². The van der Waals surface area contributed by atoms with E-state index in [0.29, 0.717) is 29.7 Å². The van der Waals surface area contributed by atoms with Gasteiger partial charge in [0.25, 0.3) is 0 Å². The van der Waals surface area contributed by atoms with Gasteiger partial charge < -0.3 is 14.6 Å². The Morgan fingerprint density at radius 1 is 1.11 bits per heavy atom. The maximum absolute atomic E-state index is 12.8. The molecule has 1 aliphatic heterocycles. The number of carboxylic acids is 1. The van der Waals surface area contributed by atoms with Gasteiger partial charge in [-0.1, -0.05) is 35.3 Å². The highest BCUT2D eigenvalue weighted by Crippen LogP contribution is 2.32. The van der Waals surface area contributed by atoms with Gasteiger partial charge in [0.05, 0.1) is 16.0 Å². The largest absolute Gasteiger partial charge is 0.485 e. The molecule has 0 bridgehead atoms. The molecule has 9 heteroatoms. The predicted octanol–water partition coefficient (Wildman–Crippen LogP) is 4.69. The molecule has 28 heavy (non-hydrogen) atoms. The van der Waals surface area contributed by atoms with Crippen LogP contribution in [0.25, 0.3) is 0 Å². The lowest BCUT2D eigenvalue weighted by molar-refractivity contribution is -0.147. The fourth-order valence-electron chi connectivity index (χ4n) is 2.86. The molecular formula is C19H17Cl2F2NO4. The second-order valence-electron chi connectivity index (χ2n) is 6.43. The van der Waals surface area contributed by atoms with Crippen molar-refractivity contribution in [3.8, 4) is 11.5 Å². The standard InChI is InChI=1S/C19H17Cl2F2NO4/c20-14-3-1-12(5-15(14)21)10-27-16-4-2-11(6-17(16)28-19(22)23)7-24-8-13(9-24)18(25)26/h1-6,13,19H,7-10H2,(H,25,26). The highest BCUT2D eigenvalue weighted by atomic mass is 35.5. The average Bonchev–Trinajstić information content (AvgIpc) is 2.59. The van der Waals surface area contributed by atoms with Gasteiger partial charge in [-0.15, -0.1) is 0 Å². The highest BCUT2D eigenvalue weighted by Gasteiger charge is 2.32. The number of carboxylic acid groups (broad SMARTS) is 1. The van der Waals surface area contributed by atoms with Gasteiger partial charge in [-0.2, -0.15) is 8.78 Å². The van der Waals surface area contributed by atoms with E-state index in [2.05, 4.69) is 4.74 Å². The van der Waals surface area contributed by atoms with Crippen LogP contribution in [0.3, 0.4) is 0 Å². The van der Waals surface area contributed by atoms with Crippen molar-refractivity contribution in [2.24, 2.45) is 5.92 Å². The van der Waals surface area contributed by atoms with E-state index in [-0.39, 0.29) is 24.0 Å². The average molecular weight is 432 g/mol. The lowest BCUT2D eigenvalue weighted by atomic mass is 9.99. The number of likely N-dealkylation sites (tertiary alicyclic amines) is 1. The Labute approximate surface area is 170 Å². The highest BCUT2D eigenvalue weighted by molar-refractivity contribution is 6.42. The second-order valence-corrected chi connectivity index (χ2v) is 7.24. The number of hydrogen-bond acceptors (Lipinski definition) is 4. The normalized spacial score (nSPS) is 14.8. The molecular weight excluding hydrogens is 415 g/mol. The van der Waals surface area contributed by atoms with Gasteiger partial charge in [0.1, 0.15) is 6.61 Å². The maximum atomic E-state index is 12.8. The molecule has 5 nitrogen and oxygen atoms in total. The van der Waals surface area contributed by atoms with Crippen LogP contribution in [0.1, 0.15) is 11.1 Å². The molecule has 2 aromatic carbocycles. The summed E-state index contributed by atoms with van der Waals surface area (Å²) in [5, 5.41) is 9.70. The van der Waals surface area contributed by atoms with Gasteiger partial charge >= 0.3 is 12.6 Å². The first-order chi connectivity index (χ1) is 13.3. The zero-order valence-corrected chi connectivity index (χ0v) is 16.1. The molecule has 1 saturated heterocycles. The van der Waals surface area contributed by atoms with Gasteiger partial charge in [0.2, 0.25) is 0 Å².